The van der Waals surface area contributed by atoms with Crippen LogP contribution in [0.15, 0.2) is 49.1 Å². The van der Waals surface area contributed by atoms with Crippen molar-refractivity contribution in [3.8, 4) is 11.5 Å². The Morgan fingerprint density at radius 1 is 1.00 bits per heavy atom. The number of aromatic nitrogens is 4. The van der Waals surface area contributed by atoms with Gasteiger partial charge in [-0.05, 0) is 25.0 Å². The molecule has 0 aromatic carbocycles. The Morgan fingerprint density at radius 3 is 2.50 bits per heavy atom. The van der Waals surface area contributed by atoms with Gasteiger partial charge in [0.25, 0.3) is 5.91 Å². The summed E-state index contributed by atoms with van der Waals surface area (Å²) in [6.45, 7) is 3.98. The van der Waals surface area contributed by atoms with Gasteiger partial charge < -0.3 is 10.1 Å². The van der Waals surface area contributed by atoms with Gasteiger partial charge in [0.05, 0.1) is 12.4 Å². The molecule has 0 spiro atoms. The van der Waals surface area contributed by atoms with Crippen LogP contribution in [0.25, 0.3) is 0 Å². The largest absolute Gasteiger partial charge is 0.454 e. The maximum atomic E-state index is 12.6. The van der Waals surface area contributed by atoms with Gasteiger partial charge in [-0.2, -0.15) is 0 Å². The van der Waals surface area contributed by atoms with Gasteiger partial charge in [0.1, 0.15) is 23.6 Å². The molecule has 1 N–H and O–H groups in total. The molecule has 0 aliphatic carbocycles. The monoisotopic (exact) mass is 349 g/mol. The lowest BCUT2D eigenvalue weighted by Gasteiger charge is -2.10. The molecule has 132 valence electrons. The third-order valence-electron chi connectivity index (χ3n) is 3.63. The number of anilines is 1. The molecule has 7 heteroatoms. The Hall–Kier alpha value is -3.35. The topological polar surface area (TPSA) is 89.9 Å². The van der Waals surface area contributed by atoms with Crippen LogP contribution in [0.3, 0.4) is 0 Å². The van der Waals surface area contributed by atoms with Crippen molar-refractivity contribution in [3.05, 3.63) is 66.1 Å². The zero-order valence-corrected chi connectivity index (χ0v) is 14.6. The molecule has 3 rings (SSSR count). The highest BCUT2D eigenvalue weighted by Gasteiger charge is 2.13. The first-order valence-electron chi connectivity index (χ1n) is 8.39. The Bertz CT molecular complexity index is 899. The third kappa shape index (κ3) is 4.38. The van der Waals surface area contributed by atoms with Crippen molar-refractivity contribution in [2.24, 2.45) is 0 Å². The predicted molar refractivity (Wildman–Crippen MR) is 97.3 cm³/mol. The van der Waals surface area contributed by atoms with E-state index in [1.165, 1.54) is 6.33 Å². The van der Waals surface area contributed by atoms with Crippen LogP contribution in [-0.4, -0.2) is 25.8 Å². The summed E-state index contributed by atoms with van der Waals surface area (Å²) < 4.78 is 5.74. The second-order valence-electron chi connectivity index (χ2n) is 5.53. The van der Waals surface area contributed by atoms with E-state index in [-0.39, 0.29) is 11.6 Å². The lowest BCUT2D eigenvalue weighted by molar-refractivity contribution is 0.102. The minimum Gasteiger partial charge on any atom is -0.454 e. The number of pyridine rings is 2. The number of carbonyl (C=O) groups is 1. The van der Waals surface area contributed by atoms with Gasteiger partial charge in [0, 0.05) is 23.5 Å². The summed E-state index contributed by atoms with van der Waals surface area (Å²) in [5.74, 6) is 1.16. The van der Waals surface area contributed by atoms with Gasteiger partial charge in [-0.3, -0.25) is 4.79 Å². The van der Waals surface area contributed by atoms with Crippen LogP contribution in [0.2, 0.25) is 0 Å². The first kappa shape index (κ1) is 17.5. The van der Waals surface area contributed by atoms with E-state index in [1.54, 1.807) is 30.6 Å². The van der Waals surface area contributed by atoms with Gasteiger partial charge >= 0.3 is 0 Å². The second kappa shape index (κ2) is 8.15. The number of nitrogens with zero attached hydrogens (tertiary/aromatic N) is 4. The van der Waals surface area contributed by atoms with Crippen LogP contribution in [0.4, 0.5) is 5.82 Å². The summed E-state index contributed by atoms with van der Waals surface area (Å²) in [4.78, 5) is 29.2. The summed E-state index contributed by atoms with van der Waals surface area (Å²) in [5, 5.41) is 2.78. The fraction of sp³-hybridized carbons (Fsp3) is 0.211. The Kier molecular flexibility index (Phi) is 5.48. The summed E-state index contributed by atoms with van der Waals surface area (Å²) in [7, 11) is 0. The Morgan fingerprint density at radius 2 is 1.77 bits per heavy atom. The molecule has 0 radical (unpaired) electrons. The first-order chi connectivity index (χ1) is 12.7. The van der Waals surface area contributed by atoms with Crippen molar-refractivity contribution < 1.29 is 9.53 Å². The maximum absolute atomic E-state index is 12.6. The van der Waals surface area contributed by atoms with Gasteiger partial charge in [-0.15, -0.1) is 0 Å². The average Bonchev–Trinajstić information content (AvgIpc) is 2.68. The zero-order chi connectivity index (χ0) is 18.4. The normalized spacial score (nSPS) is 10.4. The van der Waals surface area contributed by atoms with Gasteiger partial charge in [0.2, 0.25) is 0 Å². The predicted octanol–water partition coefficient (Wildman–Crippen LogP) is 3.44. The lowest BCUT2D eigenvalue weighted by Crippen LogP contribution is -2.16. The molecule has 3 heterocycles. The molecule has 3 aromatic heterocycles. The number of hydrogen-bond acceptors (Lipinski definition) is 6. The summed E-state index contributed by atoms with van der Waals surface area (Å²) in [6.07, 6.45) is 6.00. The number of aryl methyl sites for hydroxylation is 2. The van der Waals surface area contributed by atoms with E-state index in [0.29, 0.717) is 23.7 Å². The lowest BCUT2D eigenvalue weighted by atomic mass is 10.2. The molecule has 0 bridgehead atoms. The number of rotatable bonds is 6. The van der Waals surface area contributed by atoms with E-state index in [1.807, 2.05) is 26.0 Å². The van der Waals surface area contributed by atoms with Crippen molar-refractivity contribution in [2.75, 3.05) is 5.32 Å². The number of hydrogen-bond donors (Lipinski definition) is 1. The summed E-state index contributed by atoms with van der Waals surface area (Å²) in [5.41, 5.74) is 1.92. The molecule has 0 saturated carbocycles. The first-order valence-corrected chi connectivity index (χ1v) is 8.39. The van der Waals surface area contributed by atoms with Crippen molar-refractivity contribution in [3.63, 3.8) is 0 Å². The quantitative estimate of drug-likeness (QED) is 0.733. The van der Waals surface area contributed by atoms with Gasteiger partial charge in [-0.1, -0.05) is 19.9 Å². The van der Waals surface area contributed by atoms with E-state index in [0.717, 1.165) is 17.8 Å². The minimum absolute atomic E-state index is 0.264. The van der Waals surface area contributed by atoms with Crippen LogP contribution in [0.5, 0.6) is 11.5 Å². The van der Waals surface area contributed by atoms with Crippen molar-refractivity contribution in [2.45, 2.75) is 26.7 Å². The fourth-order valence-electron chi connectivity index (χ4n) is 2.32. The van der Waals surface area contributed by atoms with E-state index in [4.69, 9.17) is 4.74 Å². The van der Waals surface area contributed by atoms with Crippen LogP contribution < -0.4 is 10.1 Å². The standard InChI is InChI=1S/C19H19N5O2/c1-3-13-6-5-7-18(23-13)24-19(25)17-9-15(8-14(4-2)22-17)26-16-10-20-12-21-11-16/h5-12H,3-4H2,1-2H3,(H,23,24,25). The van der Waals surface area contributed by atoms with Gasteiger partial charge in [0.15, 0.2) is 5.75 Å². The molecule has 0 aliphatic heterocycles. The SMILES string of the molecule is CCc1cccc(NC(=O)c2cc(Oc3cncnc3)cc(CC)n2)n1. The Labute approximate surface area is 151 Å². The summed E-state index contributed by atoms with van der Waals surface area (Å²) in [6, 6.07) is 8.91. The molecule has 0 fully saturated rings. The van der Waals surface area contributed by atoms with Crippen LogP contribution in [-0.2, 0) is 12.8 Å². The van der Waals surface area contributed by atoms with Crippen LogP contribution in [0.1, 0.15) is 35.7 Å². The van der Waals surface area contributed by atoms with Crippen molar-refractivity contribution in [1.29, 1.82) is 0 Å². The Balaban J connectivity index is 1.83. The molecule has 1 amide bonds. The smallest absolute Gasteiger partial charge is 0.275 e. The molecular formula is C19H19N5O2. The number of nitrogens with one attached hydrogen (secondary N) is 1. The number of ether oxygens (including phenoxy) is 1. The molecule has 3 aromatic rings. The zero-order valence-electron chi connectivity index (χ0n) is 14.6. The highest BCUT2D eigenvalue weighted by atomic mass is 16.5. The molecule has 7 nitrogen and oxygen atoms in total. The van der Waals surface area contributed by atoms with Crippen molar-refractivity contribution in [1.82, 2.24) is 19.9 Å². The highest BCUT2D eigenvalue weighted by Crippen LogP contribution is 2.22. The minimum atomic E-state index is -0.338. The average molecular weight is 349 g/mol. The molecule has 26 heavy (non-hydrogen) atoms. The fourth-order valence-corrected chi connectivity index (χ4v) is 2.32. The van der Waals surface area contributed by atoms with Crippen LogP contribution >= 0.6 is 0 Å². The van der Waals surface area contributed by atoms with Crippen LogP contribution in [0, 0.1) is 0 Å². The van der Waals surface area contributed by atoms with E-state index >= 15 is 0 Å². The molecule has 0 unspecified atom stereocenters. The van der Waals surface area contributed by atoms with E-state index < -0.39 is 0 Å². The molecular weight excluding hydrogens is 330 g/mol. The summed E-state index contributed by atoms with van der Waals surface area (Å²) >= 11 is 0. The molecule has 0 aliphatic rings. The highest BCUT2D eigenvalue weighted by molar-refractivity contribution is 6.02. The third-order valence-corrected chi connectivity index (χ3v) is 3.63. The van der Waals surface area contributed by atoms with Crippen molar-refractivity contribution >= 4 is 11.7 Å². The van der Waals surface area contributed by atoms with Gasteiger partial charge in [-0.25, -0.2) is 19.9 Å². The second-order valence-corrected chi connectivity index (χ2v) is 5.53. The molecule has 0 saturated heterocycles. The molecule has 0 atom stereocenters. The number of carbonyl (C=O) groups excluding carboxylic acids is 1. The van der Waals surface area contributed by atoms with E-state index in [2.05, 4.69) is 25.3 Å². The number of amides is 1. The maximum Gasteiger partial charge on any atom is 0.275 e. The van der Waals surface area contributed by atoms with E-state index in [9.17, 15) is 4.79 Å².